The number of rotatable bonds is 14. The minimum absolute atomic E-state index is 0.0401. The normalized spacial score (nSPS) is 21.4. The summed E-state index contributed by atoms with van der Waals surface area (Å²) in [5, 5.41) is 10.0. The van der Waals surface area contributed by atoms with E-state index in [-0.39, 0.29) is 17.9 Å². The number of imidazole rings is 1. The predicted molar refractivity (Wildman–Crippen MR) is 194 cm³/mol. The lowest BCUT2D eigenvalue weighted by Crippen LogP contribution is -2.42. The van der Waals surface area contributed by atoms with Gasteiger partial charge in [-0.05, 0) is 43.9 Å². The van der Waals surface area contributed by atoms with E-state index in [1.807, 2.05) is 55.7 Å². The Hall–Kier alpha value is -4.88. The summed E-state index contributed by atoms with van der Waals surface area (Å²) in [4.78, 5) is 28.0. The van der Waals surface area contributed by atoms with Crippen LogP contribution in [-0.2, 0) is 30.2 Å². The van der Waals surface area contributed by atoms with Crippen LogP contribution in [0.15, 0.2) is 97.3 Å². The number of hydrogen-bond donors (Lipinski definition) is 3. The molecule has 2 aliphatic heterocycles. The molecule has 3 aromatic carbocycles. The number of anilines is 2. The van der Waals surface area contributed by atoms with Gasteiger partial charge in [-0.15, -0.1) is 0 Å². The quantitative estimate of drug-likeness (QED) is 0.141. The predicted octanol–water partition coefficient (Wildman–Crippen LogP) is 5.29. The smallest absolute Gasteiger partial charge is 0.252 e. The topological polar surface area (TPSA) is 134 Å². The van der Waals surface area contributed by atoms with E-state index in [1.54, 1.807) is 13.4 Å². The number of carbonyl (C=O) groups excluding carboxylic acids is 1. The standard InChI is InChI=1S/C39H45N7O5/c1-5-40-36(47)32-31-33(51-39(2,3)50-31)37(49-32)46-24-42-30-34(41-22-29(26-17-11-7-12-18-26)27-19-13-8-14-20-27)44-38(45-35(30)46)43-28(23-48-4)21-25-15-9-6-10-16-25/h6-20,24,28-29,31-33,37H,5,21-23H2,1-4H3,(H,40,47)(H2,41,43,44,45)/t28?,31-,32+,33-,37+/m1/s1. The summed E-state index contributed by atoms with van der Waals surface area (Å²) < 4.78 is 26.4. The third-order valence-electron chi connectivity index (χ3n) is 9.24. The van der Waals surface area contributed by atoms with Crippen molar-refractivity contribution in [3.05, 3.63) is 114 Å². The first kappa shape index (κ1) is 34.6. The van der Waals surface area contributed by atoms with Gasteiger partial charge in [-0.2, -0.15) is 9.97 Å². The average molecular weight is 692 g/mol. The number of benzene rings is 3. The van der Waals surface area contributed by atoms with Gasteiger partial charge in [0, 0.05) is 26.1 Å². The van der Waals surface area contributed by atoms with Gasteiger partial charge < -0.3 is 34.9 Å². The minimum Gasteiger partial charge on any atom is -0.383 e. The monoisotopic (exact) mass is 691 g/mol. The zero-order chi connectivity index (χ0) is 35.4. The second-order valence-electron chi connectivity index (χ2n) is 13.4. The number of hydrogen-bond acceptors (Lipinski definition) is 10. The van der Waals surface area contributed by atoms with Crippen LogP contribution in [0.4, 0.5) is 11.8 Å². The van der Waals surface area contributed by atoms with E-state index >= 15 is 0 Å². The van der Waals surface area contributed by atoms with E-state index in [9.17, 15) is 4.79 Å². The molecule has 0 radical (unpaired) electrons. The second-order valence-corrected chi connectivity index (χ2v) is 13.4. The molecule has 0 bridgehead atoms. The zero-order valence-corrected chi connectivity index (χ0v) is 29.4. The molecule has 1 unspecified atom stereocenters. The lowest BCUT2D eigenvalue weighted by Gasteiger charge is -2.24. The van der Waals surface area contributed by atoms with Crippen molar-refractivity contribution in [3.8, 4) is 0 Å². The van der Waals surface area contributed by atoms with Crippen molar-refractivity contribution in [2.75, 3.05) is 37.4 Å². The van der Waals surface area contributed by atoms with Crippen molar-refractivity contribution in [3.63, 3.8) is 0 Å². The minimum atomic E-state index is -0.901. The van der Waals surface area contributed by atoms with Crippen LogP contribution < -0.4 is 16.0 Å². The summed E-state index contributed by atoms with van der Waals surface area (Å²) in [6.07, 6.45) is -0.413. The van der Waals surface area contributed by atoms with Gasteiger partial charge in [0.25, 0.3) is 5.91 Å². The molecule has 4 heterocycles. The first-order valence-electron chi connectivity index (χ1n) is 17.5. The van der Waals surface area contributed by atoms with Crippen molar-refractivity contribution in [1.82, 2.24) is 24.8 Å². The summed E-state index contributed by atoms with van der Waals surface area (Å²) in [6, 6.07) is 30.9. The SMILES string of the molecule is CCNC(=O)[C@H]1O[C@H](n2cnc3c(NCC(c4ccccc4)c4ccccc4)nc(NC(COC)Cc4ccccc4)nc32)[C@@H]2OC(C)(C)O[C@@H]21. The number of likely N-dealkylation sites (N-methyl/N-ethyl adjacent to an activating group) is 1. The molecule has 5 aromatic rings. The summed E-state index contributed by atoms with van der Waals surface area (Å²) in [5.74, 6) is -0.150. The van der Waals surface area contributed by atoms with Crippen molar-refractivity contribution >= 4 is 28.8 Å². The van der Waals surface area contributed by atoms with E-state index in [4.69, 9.17) is 33.9 Å². The highest BCUT2D eigenvalue weighted by molar-refractivity contribution is 5.85. The number of methoxy groups -OCH3 is 1. The Labute approximate surface area is 297 Å². The Morgan fingerprint density at radius 3 is 2.22 bits per heavy atom. The number of amides is 1. The largest absolute Gasteiger partial charge is 0.383 e. The molecule has 5 atom stereocenters. The highest BCUT2D eigenvalue weighted by atomic mass is 16.8. The van der Waals surface area contributed by atoms with Crippen LogP contribution in [0.25, 0.3) is 11.2 Å². The molecule has 266 valence electrons. The van der Waals surface area contributed by atoms with E-state index in [0.29, 0.717) is 49.0 Å². The van der Waals surface area contributed by atoms with Gasteiger partial charge in [0.15, 0.2) is 35.1 Å². The van der Waals surface area contributed by atoms with E-state index < -0.39 is 30.3 Å². The van der Waals surface area contributed by atoms with Gasteiger partial charge in [0.1, 0.15) is 12.2 Å². The van der Waals surface area contributed by atoms with Crippen molar-refractivity contribution < 1.29 is 23.7 Å². The second kappa shape index (κ2) is 15.2. The maximum absolute atomic E-state index is 13.1. The van der Waals surface area contributed by atoms with Gasteiger partial charge in [0.2, 0.25) is 5.95 Å². The fourth-order valence-corrected chi connectivity index (χ4v) is 7.01. The Morgan fingerprint density at radius 1 is 0.922 bits per heavy atom. The van der Waals surface area contributed by atoms with Crippen molar-refractivity contribution in [2.24, 2.45) is 0 Å². The third-order valence-corrected chi connectivity index (χ3v) is 9.24. The number of nitrogens with one attached hydrogen (secondary N) is 3. The molecule has 1 amide bonds. The Bertz CT molecular complexity index is 1870. The van der Waals surface area contributed by atoms with Crippen LogP contribution >= 0.6 is 0 Å². The van der Waals surface area contributed by atoms with Crippen LogP contribution in [0.2, 0.25) is 0 Å². The Morgan fingerprint density at radius 2 is 1.57 bits per heavy atom. The molecule has 0 aliphatic carbocycles. The van der Waals surface area contributed by atoms with Crippen LogP contribution in [0, 0.1) is 0 Å². The van der Waals surface area contributed by atoms with E-state index in [0.717, 1.165) is 5.56 Å². The Balaban J connectivity index is 1.27. The molecular formula is C39H45N7O5. The fraction of sp³-hybridized carbons (Fsp3) is 0.385. The highest BCUT2D eigenvalue weighted by Crippen LogP contribution is 2.44. The van der Waals surface area contributed by atoms with Gasteiger partial charge in [0.05, 0.1) is 19.0 Å². The van der Waals surface area contributed by atoms with E-state index in [1.165, 1.54) is 11.1 Å². The number of carbonyl (C=O) groups is 1. The summed E-state index contributed by atoms with van der Waals surface area (Å²) in [7, 11) is 1.68. The first-order chi connectivity index (χ1) is 24.8. The molecule has 2 fully saturated rings. The molecule has 3 N–H and O–H groups in total. The number of fused-ring (bicyclic) bond motifs is 2. The molecule has 12 heteroatoms. The van der Waals surface area contributed by atoms with Gasteiger partial charge >= 0.3 is 0 Å². The molecular weight excluding hydrogens is 646 g/mol. The highest BCUT2D eigenvalue weighted by Gasteiger charge is 2.58. The third kappa shape index (κ3) is 7.59. The zero-order valence-electron chi connectivity index (χ0n) is 29.4. The van der Waals surface area contributed by atoms with Crippen LogP contribution in [0.5, 0.6) is 0 Å². The first-order valence-corrected chi connectivity index (χ1v) is 17.5. The van der Waals surface area contributed by atoms with Crippen molar-refractivity contribution in [2.45, 2.75) is 69.5 Å². The number of nitrogens with zero attached hydrogens (tertiary/aromatic N) is 4. The van der Waals surface area contributed by atoms with E-state index in [2.05, 4.69) is 76.6 Å². The van der Waals surface area contributed by atoms with Gasteiger partial charge in [-0.25, -0.2) is 4.98 Å². The number of ether oxygens (including phenoxy) is 4. The molecule has 0 saturated carbocycles. The number of aromatic nitrogens is 4. The maximum atomic E-state index is 13.1. The van der Waals surface area contributed by atoms with Crippen molar-refractivity contribution in [1.29, 1.82) is 0 Å². The molecule has 0 spiro atoms. The summed E-state index contributed by atoms with van der Waals surface area (Å²) in [5.41, 5.74) is 4.60. The molecule has 2 saturated heterocycles. The average Bonchev–Trinajstić information content (AvgIpc) is 3.80. The summed E-state index contributed by atoms with van der Waals surface area (Å²) in [6.45, 7) is 7.01. The van der Waals surface area contributed by atoms with Crippen LogP contribution in [0.1, 0.15) is 49.6 Å². The summed E-state index contributed by atoms with van der Waals surface area (Å²) >= 11 is 0. The maximum Gasteiger partial charge on any atom is 0.252 e. The molecule has 7 rings (SSSR count). The molecule has 51 heavy (non-hydrogen) atoms. The lowest BCUT2D eigenvalue weighted by atomic mass is 9.91. The van der Waals surface area contributed by atoms with Crippen LogP contribution in [-0.4, -0.2) is 82.4 Å². The van der Waals surface area contributed by atoms with Gasteiger partial charge in [-0.3, -0.25) is 9.36 Å². The molecule has 12 nitrogen and oxygen atoms in total. The Kier molecular flexibility index (Phi) is 10.3. The van der Waals surface area contributed by atoms with Gasteiger partial charge in [-0.1, -0.05) is 91.0 Å². The molecule has 2 aliphatic rings. The molecule has 2 aromatic heterocycles. The fourth-order valence-electron chi connectivity index (χ4n) is 7.01. The van der Waals surface area contributed by atoms with Crippen LogP contribution in [0.3, 0.4) is 0 Å². The lowest BCUT2D eigenvalue weighted by molar-refractivity contribution is -0.197.